The minimum Gasteiger partial charge on any atom is -0.480 e. The maximum Gasteiger partial charge on any atom is 0.262 e. The van der Waals surface area contributed by atoms with Gasteiger partial charge in [-0.15, -0.1) is 0 Å². The lowest BCUT2D eigenvalue weighted by molar-refractivity contribution is 0.112. The summed E-state index contributed by atoms with van der Waals surface area (Å²) in [5.74, 6) is 1.51. The van der Waals surface area contributed by atoms with Gasteiger partial charge < -0.3 is 14.8 Å². The van der Waals surface area contributed by atoms with Gasteiger partial charge in [-0.25, -0.2) is 9.37 Å². The van der Waals surface area contributed by atoms with Crippen molar-refractivity contribution in [2.75, 3.05) is 13.1 Å². The number of nitrogens with zero attached hydrogens (tertiary/aromatic N) is 1. The summed E-state index contributed by atoms with van der Waals surface area (Å²) in [4.78, 5) is 4.33. The van der Waals surface area contributed by atoms with Gasteiger partial charge in [0.05, 0.1) is 0 Å². The molecule has 0 radical (unpaired) electrons. The van der Waals surface area contributed by atoms with Crippen molar-refractivity contribution in [3.63, 3.8) is 0 Å². The molecule has 4 rings (SSSR count). The molecule has 0 amide bonds. The van der Waals surface area contributed by atoms with Crippen molar-refractivity contribution in [2.45, 2.75) is 18.9 Å². The molecule has 2 heterocycles. The van der Waals surface area contributed by atoms with Crippen LogP contribution in [0.5, 0.6) is 17.4 Å². The molecule has 0 aliphatic carbocycles. The van der Waals surface area contributed by atoms with Crippen LogP contribution in [0, 0.1) is 11.7 Å². The van der Waals surface area contributed by atoms with Crippen LogP contribution in [0.2, 0.25) is 0 Å². The normalized spacial score (nSPS) is 17.7. The SMILES string of the molecule is Fc1ccc(Oc2ncccc2O[C@H](c2ccccc2)[C@H]2CCCNC2)cc1. The Bertz CT molecular complexity index is 881. The van der Waals surface area contributed by atoms with Crippen molar-refractivity contribution >= 4 is 0 Å². The van der Waals surface area contributed by atoms with Crippen molar-refractivity contribution in [3.8, 4) is 17.4 Å². The van der Waals surface area contributed by atoms with Gasteiger partial charge in [-0.1, -0.05) is 30.3 Å². The Balaban J connectivity index is 1.60. The Morgan fingerprint density at radius 2 is 1.82 bits per heavy atom. The number of benzene rings is 2. The van der Waals surface area contributed by atoms with Crippen molar-refractivity contribution in [3.05, 3.63) is 84.3 Å². The van der Waals surface area contributed by atoms with Crippen LogP contribution < -0.4 is 14.8 Å². The van der Waals surface area contributed by atoms with Crippen LogP contribution in [-0.4, -0.2) is 18.1 Å². The molecule has 1 aromatic heterocycles. The number of hydrogen-bond acceptors (Lipinski definition) is 4. The minimum atomic E-state index is -0.307. The Kier molecular flexibility index (Phi) is 5.83. The quantitative estimate of drug-likeness (QED) is 0.646. The number of pyridine rings is 1. The van der Waals surface area contributed by atoms with Gasteiger partial charge in [-0.3, -0.25) is 0 Å². The second-order valence-electron chi connectivity index (χ2n) is 6.92. The molecule has 4 nitrogen and oxygen atoms in total. The maximum atomic E-state index is 13.2. The Labute approximate surface area is 164 Å². The van der Waals surface area contributed by atoms with Crippen molar-refractivity contribution in [1.82, 2.24) is 10.3 Å². The topological polar surface area (TPSA) is 43.4 Å². The molecule has 1 fully saturated rings. The lowest BCUT2D eigenvalue weighted by Gasteiger charge is -2.31. The molecule has 1 N–H and O–H groups in total. The van der Waals surface area contributed by atoms with Gasteiger partial charge in [0.2, 0.25) is 0 Å². The molecule has 0 saturated carbocycles. The van der Waals surface area contributed by atoms with Crippen LogP contribution in [0.25, 0.3) is 0 Å². The zero-order valence-corrected chi connectivity index (χ0v) is 15.6. The van der Waals surface area contributed by atoms with Gasteiger partial charge in [0.1, 0.15) is 17.7 Å². The first-order valence-corrected chi connectivity index (χ1v) is 9.60. The molecule has 0 unspecified atom stereocenters. The Morgan fingerprint density at radius 3 is 2.57 bits per heavy atom. The lowest BCUT2D eigenvalue weighted by Crippen LogP contribution is -2.35. The maximum absolute atomic E-state index is 13.2. The Hall–Kier alpha value is -2.92. The highest BCUT2D eigenvalue weighted by Gasteiger charge is 2.28. The third-order valence-electron chi connectivity index (χ3n) is 4.91. The molecule has 0 bridgehead atoms. The molecule has 3 aromatic rings. The second-order valence-corrected chi connectivity index (χ2v) is 6.92. The number of rotatable bonds is 6. The van der Waals surface area contributed by atoms with Crippen LogP contribution >= 0.6 is 0 Å². The van der Waals surface area contributed by atoms with E-state index in [9.17, 15) is 4.39 Å². The van der Waals surface area contributed by atoms with Crippen LogP contribution in [-0.2, 0) is 0 Å². The summed E-state index contributed by atoms with van der Waals surface area (Å²) in [5, 5.41) is 3.47. The molecule has 2 aromatic carbocycles. The molecular weight excluding hydrogens is 355 g/mol. The lowest BCUT2D eigenvalue weighted by atomic mass is 9.89. The third-order valence-corrected chi connectivity index (χ3v) is 4.91. The Morgan fingerprint density at radius 1 is 1.00 bits per heavy atom. The van der Waals surface area contributed by atoms with E-state index in [-0.39, 0.29) is 11.9 Å². The van der Waals surface area contributed by atoms with Crippen LogP contribution in [0.15, 0.2) is 72.9 Å². The van der Waals surface area contributed by atoms with Gasteiger partial charge in [-0.2, -0.15) is 0 Å². The first-order chi connectivity index (χ1) is 13.8. The van der Waals surface area contributed by atoms with Gasteiger partial charge in [0, 0.05) is 18.7 Å². The first-order valence-electron chi connectivity index (χ1n) is 9.60. The fourth-order valence-corrected chi connectivity index (χ4v) is 3.51. The summed E-state index contributed by atoms with van der Waals surface area (Å²) in [6.45, 7) is 1.96. The predicted molar refractivity (Wildman–Crippen MR) is 106 cm³/mol. The number of piperidine rings is 1. The molecular formula is C23H23FN2O2. The number of ether oxygens (including phenoxy) is 2. The standard InChI is InChI=1S/C23H23FN2O2/c24-19-10-12-20(13-11-19)27-23-21(9-5-15-26-23)28-22(17-6-2-1-3-7-17)18-8-4-14-25-16-18/h1-3,5-7,9-13,15,18,22,25H,4,8,14,16H2/t18-,22+/m0/s1. The first kappa shape index (κ1) is 18.4. The van der Waals surface area contributed by atoms with E-state index < -0.39 is 0 Å². The molecule has 1 aliphatic rings. The number of hydrogen-bond donors (Lipinski definition) is 1. The summed E-state index contributed by atoms with van der Waals surface area (Å²) in [6.07, 6.45) is 3.78. The largest absolute Gasteiger partial charge is 0.480 e. The predicted octanol–water partition coefficient (Wildman–Crippen LogP) is 5.13. The van der Waals surface area contributed by atoms with Crippen LogP contribution in [0.1, 0.15) is 24.5 Å². The van der Waals surface area contributed by atoms with E-state index in [0.29, 0.717) is 23.3 Å². The molecule has 0 spiro atoms. The van der Waals surface area contributed by atoms with E-state index in [4.69, 9.17) is 9.47 Å². The summed E-state index contributed by atoms with van der Waals surface area (Å²) in [5.41, 5.74) is 1.13. The summed E-state index contributed by atoms with van der Waals surface area (Å²) < 4.78 is 25.5. The van der Waals surface area contributed by atoms with Gasteiger partial charge in [0.25, 0.3) is 5.88 Å². The van der Waals surface area contributed by atoms with Crippen LogP contribution in [0.4, 0.5) is 4.39 Å². The number of halogens is 1. The smallest absolute Gasteiger partial charge is 0.262 e. The summed E-state index contributed by atoms with van der Waals surface area (Å²) in [7, 11) is 0. The average Bonchev–Trinajstić information content (AvgIpc) is 2.76. The molecule has 5 heteroatoms. The molecule has 1 aliphatic heterocycles. The zero-order chi connectivity index (χ0) is 19.2. The zero-order valence-electron chi connectivity index (χ0n) is 15.6. The molecule has 28 heavy (non-hydrogen) atoms. The van der Waals surface area contributed by atoms with E-state index in [1.54, 1.807) is 18.3 Å². The van der Waals surface area contributed by atoms with Crippen molar-refractivity contribution in [1.29, 1.82) is 0 Å². The fourth-order valence-electron chi connectivity index (χ4n) is 3.51. The minimum absolute atomic E-state index is 0.103. The van der Waals surface area contributed by atoms with Gasteiger partial charge in [0.15, 0.2) is 5.75 Å². The third kappa shape index (κ3) is 4.49. The molecule has 2 atom stereocenters. The average molecular weight is 378 g/mol. The van der Waals surface area contributed by atoms with Crippen molar-refractivity contribution < 1.29 is 13.9 Å². The van der Waals surface area contributed by atoms with Crippen molar-refractivity contribution in [2.24, 2.45) is 5.92 Å². The number of aromatic nitrogens is 1. The highest BCUT2D eigenvalue weighted by Crippen LogP contribution is 2.37. The van der Waals surface area contributed by atoms with Gasteiger partial charge in [-0.05, 0) is 61.3 Å². The summed E-state index contributed by atoms with van der Waals surface area (Å²) >= 11 is 0. The fraction of sp³-hybridized carbons (Fsp3) is 0.261. The van der Waals surface area contributed by atoms with Crippen LogP contribution in [0.3, 0.4) is 0 Å². The molecule has 144 valence electrons. The van der Waals surface area contributed by atoms with E-state index in [1.807, 2.05) is 30.3 Å². The monoisotopic (exact) mass is 378 g/mol. The highest BCUT2D eigenvalue weighted by molar-refractivity contribution is 5.38. The highest BCUT2D eigenvalue weighted by atomic mass is 19.1. The van der Waals surface area contributed by atoms with Gasteiger partial charge >= 0.3 is 0 Å². The second kappa shape index (κ2) is 8.85. The molecule has 1 saturated heterocycles. The van der Waals surface area contributed by atoms with E-state index >= 15 is 0 Å². The number of nitrogens with one attached hydrogen (secondary N) is 1. The van der Waals surface area contributed by atoms with E-state index in [0.717, 1.165) is 31.5 Å². The van der Waals surface area contributed by atoms with E-state index in [1.165, 1.54) is 12.1 Å². The summed E-state index contributed by atoms with van der Waals surface area (Å²) in [6, 6.07) is 19.8. The van der Waals surface area contributed by atoms with E-state index in [2.05, 4.69) is 22.4 Å².